The van der Waals surface area contributed by atoms with Gasteiger partial charge in [0.1, 0.15) is 0 Å². The Morgan fingerprint density at radius 2 is 2.00 bits per heavy atom. The second-order valence-electron chi connectivity index (χ2n) is 4.17. The standard InChI is InChI=1S/C13H18Cl2N2O2/c1-2-9(18)6-7-16-8-12(19)17-13-10(14)4-3-5-11(13)15/h3-5,9,16,18H,2,6-8H2,1H3,(H,17,19). The third kappa shape index (κ3) is 5.78. The van der Waals surface area contributed by atoms with Crippen LogP contribution in [0.3, 0.4) is 0 Å². The molecule has 0 saturated carbocycles. The summed E-state index contributed by atoms with van der Waals surface area (Å²) in [6.45, 7) is 2.65. The van der Waals surface area contributed by atoms with Crippen molar-refractivity contribution in [1.29, 1.82) is 0 Å². The van der Waals surface area contributed by atoms with Gasteiger partial charge in [-0.05, 0) is 31.5 Å². The molecule has 0 heterocycles. The van der Waals surface area contributed by atoms with Gasteiger partial charge in [-0.2, -0.15) is 0 Å². The highest BCUT2D eigenvalue weighted by Crippen LogP contribution is 2.29. The van der Waals surface area contributed by atoms with Gasteiger partial charge in [0.2, 0.25) is 5.91 Å². The van der Waals surface area contributed by atoms with E-state index in [1.807, 2.05) is 6.92 Å². The van der Waals surface area contributed by atoms with E-state index in [2.05, 4.69) is 10.6 Å². The van der Waals surface area contributed by atoms with Gasteiger partial charge in [0, 0.05) is 0 Å². The maximum absolute atomic E-state index is 11.7. The lowest BCUT2D eigenvalue weighted by atomic mass is 10.2. The van der Waals surface area contributed by atoms with Gasteiger partial charge in [0.15, 0.2) is 0 Å². The third-order valence-corrected chi connectivity index (χ3v) is 3.27. The summed E-state index contributed by atoms with van der Waals surface area (Å²) >= 11 is 11.9. The summed E-state index contributed by atoms with van der Waals surface area (Å²) in [5.41, 5.74) is 0.422. The number of hydrogen-bond donors (Lipinski definition) is 3. The van der Waals surface area contributed by atoms with Gasteiger partial charge < -0.3 is 15.7 Å². The molecule has 0 spiro atoms. The van der Waals surface area contributed by atoms with Crippen molar-refractivity contribution < 1.29 is 9.90 Å². The molecule has 0 saturated heterocycles. The quantitative estimate of drug-likeness (QED) is 0.679. The van der Waals surface area contributed by atoms with E-state index in [4.69, 9.17) is 23.2 Å². The fraction of sp³-hybridized carbons (Fsp3) is 0.462. The minimum absolute atomic E-state index is 0.151. The molecule has 0 aliphatic heterocycles. The first kappa shape index (κ1) is 16.2. The Hall–Kier alpha value is -0.810. The van der Waals surface area contributed by atoms with Crippen molar-refractivity contribution in [2.24, 2.45) is 0 Å². The van der Waals surface area contributed by atoms with Crippen LogP contribution in [0, 0.1) is 0 Å². The third-order valence-electron chi connectivity index (χ3n) is 2.64. The van der Waals surface area contributed by atoms with Crippen LogP contribution in [0.5, 0.6) is 0 Å². The number of nitrogens with one attached hydrogen (secondary N) is 2. The van der Waals surface area contributed by atoms with Gasteiger partial charge in [0.05, 0.1) is 28.4 Å². The molecular weight excluding hydrogens is 287 g/mol. The monoisotopic (exact) mass is 304 g/mol. The van der Waals surface area contributed by atoms with E-state index in [1.54, 1.807) is 18.2 Å². The van der Waals surface area contributed by atoms with E-state index in [9.17, 15) is 9.90 Å². The molecular formula is C13H18Cl2N2O2. The second-order valence-corrected chi connectivity index (χ2v) is 4.99. The highest BCUT2D eigenvalue weighted by atomic mass is 35.5. The fourth-order valence-corrected chi connectivity index (χ4v) is 1.97. The number of halogens is 2. The predicted molar refractivity (Wildman–Crippen MR) is 78.9 cm³/mol. The van der Waals surface area contributed by atoms with E-state index in [0.717, 1.165) is 0 Å². The first-order valence-electron chi connectivity index (χ1n) is 6.17. The zero-order valence-electron chi connectivity index (χ0n) is 10.7. The number of aliphatic hydroxyl groups excluding tert-OH is 1. The minimum Gasteiger partial charge on any atom is -0.393 e. The second kappa shape index (κ2) is 8.38. The molecule has 3 N–H and O–H groups in total. The van der Waals surface area contributed by atoms with Gasteiger partial charge in [0.25, 0.3) is 0 Å². The van der Waals surface area contributed by atoms with Crippen LogP contribution in [0.4, 0.5) is 5.69 Å². The summed E-state index contributed by atoms with van der Waals surface area (Å²) in [5.74, 6) is -0.221. The summed E-state index contributed by atoms with van der Waals surface area (Å²) in [6.07, 6.45) is 1.01. The number of benzene rings is 1. The zero-order valence-corrected chi connectivity index (χ0v) is 12.3. The van der Waals surface area contributed by atoms with Crippen LogP contribution in [0.25, 0.3) is 0 Å². The molecule has 0 bridgehead atoms. The first-order chi connectivity index (χ1) is 9.04. The van der Waals surface area contributed by atoms with Gasteiger partial charge in [-0.3, -0.25) is 4.79 Å². The molecule has 1 amide bonds. The van der Waals surface area contributed by atoms with Crippen molar-refractivity contribution in [2.75, 3.05) is 18.4 Å². The van der Waals surface area contributed by atoms with Crippen molar-refractivity contribution >= 4 is 34.8 Å². The molecule has 1 unspecified atom stereocenters. The van der Waals surface area contributed by atoms with Crippen molar-refractivity contribution in [3.63, 3.8) is 0 Å². The number of hydrogen-bond acceptors (Lipinski definition) is 3. The summed E-state index contributed by atoms with van der Waals surface area (Å²) in [5, 5.41) is 15.8. The molecule has 1 rings (SSSR count). The van der Waals surface area contributed by atoms with Crippen molar-refractivity contribution in [2.45, 2.75) is 25.9 Å². The topological polar surface area (TPSA) is 61.4 Å². The van der Waals surface area contributed by atoms with E-state index >= 15 is 0 Å². The lowest BCUT2D eigenvalue weighted by Gasteiger charge is -2.11. The minimum atomic E-state index is -0.325. The van der Waals surface area contributed by atoms with Crippen LogP contribution in [0.1, 0.15) is 19.8 Å². The number of carbonyl (C=O) groups is 1. The first-order valence-corrected chi connectivity index (χ1v) is 6.92. The number of anilines is 1. The van der Waals surface area contributed by atoms with Crippen LogP contribution in [0.15, 0.2) is 18.2 Å². The summed E-state index contributed by atoms with van der Waals surface area (Å²) in [6, 6.07) is 5.03. The average molecular weight is 305 g/mol. The molecule has 0 aliphatic rings. The van der Waals surface area contributed by atoms with Gasteiger partial charge in [-0.25, -0.2) is 0 Å². The Labute approximate surface area is 123 Å². The highest BCUT2D eigenvalue weighted by Gasteiger charge is 2.09. The fourth-order valence-electron chi connectivity index (χ4n) is 1.48. The molecule has 106 valence electrons. The Bertz CT molecular complexity index is 407. The Balaban J connectivity index is 2.35. The van der Waals surface area contributed by atoms with E-state index in [0.29, 0.717) is 35.1 Å². The molecule has 0 radical (unpaired) electrons. The molecule has 6 heteroatoms. The molecule has 19 heavy (non-hydrogen) atoms. The van der Waals surface area contributed by atoms with Crippen LogP contribution >= 0.6 is 23.2 Å². The van der Waals surface area contributed by atoms with Crippen LogP contribution in [0.2, 0.25) is 10.0 Å². The molecule has 1 aromatic carbocycles. The smallest absolute Gasteiger partial charge is 0.238 e. The SMILES string of the molecule is CCC(O)CCNCC(=O)Nc1c(Cl)cccc1Cl. The molecule has 0 aliphatic carbocycles. The lowest BCUT2D eigenvalue weighted by Crippen LogP contribution is -2.30. The number of para-hydroxylation sites is 1. The van der Waals surface area contributed by atoms with E-state index in [1.165, 1.54) is 0 Å². The van der Waals surface area contributed by atoms with E-state index in [-0.39, 0.29) is 18.6 Å². The number of rotatable bonds is 7. The maximum Gasteiger partial charge on any atom is 0.238 e. The lowest BCUT2D eigenvalue weighted by molar-refractivity contribution is -0.115. The molecule has 1 aromatic rings. The maximum atomic E-state index is 11.7. The van der Waals surface area contributed by atoms with Crippen LogP contribution in [-0.4, -0.2) is 30.2 Å². The number of carbonyl (C=O) groups excluding carboxylic acids is 1. The summed E-state index contributed by atoms with van der Waals surface area (Å²) in [4.78, 5) is 11.7. The summed E-state index contributed by atoms with van der Waals surface area (Å²) < 4.78 is 0. The molecule has 0 fully saturated rings. The van der Waals surface area contributed by atoms with Crippen molar-refractivity contribution in [3.8, 4) is 0 Å². The van der Waals surface area contributed by atoms with Crippen LogP contribution in [-0.2, 0) is 4.79 Å². The average Bonchev–Trinajstić information content (AvgIpc) is 2.39. The normalized spacial score (nSPS) is 12.2. The molecule has 1 atom stereocenters. The van der Waals surface area contributed by atoms with Crippen molar-refractivity contribution in [3.05, 3.63) is 28.2 Å². The van der Waals surface area contributed by atoms with Gasteiger partial charge in [-0.15, -0.1) is 0 Å². The predicted octanol–water partition coefficient (Wildman–Crippen LogP) is 2.68. The highest BCUT2D eigenvalue weighted by molar-refractivity contribution is 6.39. The number of amides is 1. The van der Waals surface area contributed by atoms with Gasteiger partial charge in [-0.1, -0.05) is 36.2 Å². The summed E-state index contributed by atoms with van der Waals surface area (Å²) in [7, 11) is 0. The van der Waals surface area contributed by atoms with E-state index < -0.39 is 0 Å². The van der Waals surface area contributed by atoms with Crippen molar-refractivity contribution in [1.82, 2.24) is 5.32 Å². The van der Waals surface area contributed by atoms with Crippen LogP contribution < -0.4 is 10.6 Å². The Morgan fingerprint density at radius 3 is 2.58 bits per heavy atom. The zero-order chi connectivity index (χ0) is 14.3. The Morgan fingerprint density at radius 1 is 1.37 bits per heavy atom. The molecule has 0 aromatic heterocycles. The number of aliphatic hydroxyl groups is 1. The molecule has 4 nitrogen and oxygen atoms in total. The van der Waals surface area contributed by atoms with Gasteiger partial charge >= 0.3 is 0 Å². The Kier molecular flexibility index (Phi) is 7.16. The largest absolute Gasteiger partial charge is 0.393 e.